The molecule has 1 aromatic heterocycles. The first-order chi connectivity index (χ1) is 6.79. The summed E-state index contributed by atoms with van der Waals surface area (Å²) >= 11 is 0. The molecule has 0 spiro atoms. The van der Waals surface area contributed by atoms with Gasteiger partial charge in [-0.3, -0.25) is 4.98 Å². The Morgan fingerprint density at radius 2 is 2.00 bits per heavy atom. The largest absolute Gasteiger partial charge is 0.312 e. The zero-order valence-electron chi connectivity index (χ0n) is 8.98. The first-order valence-corrected chi connectivity index (χ1v) is 5.06. The molecule has 0 amide bonds. The van der Waals surface area contributed by atoms with E-state index in [1.165, 1.54) is 13.1 Å². The standard InChI is InChI=1S/C6H14N2.C5H5N/c1-6-5-8(2)4-3-7-6;1-2-4-6-5-3-1/h6-7H,3-5H2,1-2H3;1-5H. The molecule has 0 aliphatic carbocycles. The fourth-order valence-electron chi connectivity index (χ4n) is 1.44. The van der Waals surface area contributed by atoms with E-state index in [9.17, 15) is 0 Å². The van der Waals surface area contributed by atoms with E-state index in [0.29, 0.717) is 6.04 Å². The van der Waals surface area contributed by atoms with Gasteiger partial charge in [0.1, 0.15) is 0 Å². The maximum Gasteiger partial charge on any atom is 0.0267 e. The van der Waals surface area contributed by atoms with E-state index in [-0.39, 0.29) is 0 Å². The fourth-order valence-corrected chi connectivity index (χ4v) is 1.44. The van der Waals surface area contributed by atoms with Crippen LogP contribution >= 0.6 is 0 Å². The van der Waals surface area contributed by atoms with Gasteiger partial charge in [-0.1, -0.05) is 6.07 Å². The van der Waals surface area contributed by atoms with Crippen molar-refractivity contribution in [2.24, 2.45) is 0 Å². The van der Waals surface area contributed by atoms with Gasteiger partial charge in [0.05, 0.1) is 0 Å². The molecule has 1 atom stereocenters. The number of aromatic nitrogens is 1. The van der Waals surface area contributed by atoms with Gasteiger partial charge < -0.3 is 10.2 Å². The lowest BCUT2D eigenvalue weighted by atomic mass is 10.2. The second-order valence-electron chi connectivity index (χ2n) is 3.64. The minimum atomic E-state index is 0.689. The van der Waals surface area contributed by atoms with Crippen molar-refractivity contribution in [3.63, 3.8) is 0 Å². The van der Waals surface area contributed by atoms with Crippen LogP contribution in [-0.4, -0.2) is 42.6 Å². The minimum absolute atomic E-state index is 0.689. The summed E-state index contributed by atoms with van der Waals surface area (Å²) in [4.78, 5) is 6.13. The molecule has 1 saturated heterocycles. The monoisotopic (exact) mass is 193 g/mol. The zero-order valence-corrected chi connectivity index (χ0v) is 8.98. The average Bonchev–Trinajstić information content (AvgIpc) is 2.21. The normalized spacial score (nSPS) is 22.3. The van der Waals surface area contributed by atoms with E-state index in [4.69, 9.17) is 0 Å². The molecule has 0 radical (unpaired) electrons. The van der Waals surface area contributed by atoms with Crippen molar-refractivity contribution in [1.82, 2.24) is 15.2 Å². The van der Waals surface area contributed by atoms with E-state index in [1.807, 2.05) is 18.2 Å². The third-order valence-electron chi connectivity index (χ3n) is 2.14. The van der Waals surface area contributed by atoms with Crippen LogP contribution in [0.15, 0.2) is 30.6 Å². The molecular weight excluding hydrogens is 174 g/mol. The smallest absolute Gasteiger partial charge is 0.0267 e. The molecule has 0 aromatic carbocycles. The summed E-state index contributed by atoms with van der Waals surface area (Å²) in [6.07, 6.45) is 3.50. The minimum Gasteiger partial charge on any atom is -0.312 e. The van der Waals surface area contributed by atoms with Crippen LogP contribution in [-0.2, 0) is 0 Å². The predicted octanol–water partition coefficient (Wildman–Crippen LogP) is 0.991. The van der Waals surface area contributed by atoms with Gasteiger partial charge in [-0.2, -0.15) is 0 Å². The van der Waals surface area contributed by atoms with Crippen LogP contribution in [0, 0.1) is 0 Å². The van der Waals surface area contributed by atoms with E-state index in [2.05, 4.69) is 29.2 Å². The number of hydrogen-bond acceptors (Lipinski definition) is 3. The molecule has 14 heavy (non-hydrogen) atoms. The lowest BCUT2D eigenvalue weighted by molar-refractivity contribution is 0.248. The van der Waals surface area contributed by atoms with Gasteiger partial charge in [0, 0.05) is 38.1 Å². The van der Waals surface area contributed by atoms with Crippen LogP contribution in [0.2, 0.25) is 0 Å². The van der Waals surface area contributed by atoms with Crippen molar-refractivity contribution < 1.29 is 0 Å². The van der Waals surface area contributed by atoms with Crippen LogP contribution in [0.1, 0.15) is 6.92 Å². The van der Waals surface area contributed by atoms with E-state index < -0.39 is 0 Å². The average molecular weight is 193 g/mol. The van der Waals surface area contributed by atoms with Crippen molar-refractivity contribution in [3.05, 3.63) is 30.6 Å². The van der Waals surface area contributed by atoms with Crippen molar-refractivity contribution in [2.75, 3.05) is 26.7 Å². The highest BCUT2D eigenvalue weighted by Crippen LogP contribution is 1.92. The first kappa shape index (κ1) is 11.1. The second kappa shape index (κ2) is 6.51. The van der Waals surface area contributed by atoms with Crippen LogP contribution in [0.5, 0.6) is 0 Å². The van der Waals surface area contributed by atoms with Gasteiger partial charge in [0.2, 0.25) is 0 Å². The summed E-state index contributed by atoms with van der Waals surface area (Å²) in [6, 6.07) is 6.40. The van der Waals surface area contributed by atoms with Crippen molar-refractivity contribution in [2.45, 2.75) is 13.0 Å². The number of pyridine rings is 1. The number of likely N-dealkylation sites (N-methyl/N-ethyl adjacent to an activating group) is 1. The Morgan fingerprint density at radius 3 is 2.29 bits per heavy atom. The third-order valence-corrected chi connectivity index (χ3v) is 2.14. The number of rotatable bonds is 0. The molecule has 1 aliphatic rings. The SMILES string of the molecule is CC1CN(C)CCN1.c1ccncc1. The number of hydrogen-bond donors (Lipinski definition) is 1. The molecule has 3 nitrogen and oxygen atoms in total. The molecule has 0 saturated carbocycles. The molecule has 2 heterocycles. The quantitative estimate of drug-likeness (QED) is 0.666. The molecule has 1 aromatic rings. The van der Waals surface area contributed by atoms with Crippen LogP contribution in [0.25, 0.3) is 0 Å². The maximum atomic E-state index is 3.78. The number of nitrogens with zero attached hydrogens (tertiary/aromatic N) is 2. The van der Waals surface area contributed by atoms with Crippen LogP contribution in [0.3, 0.4) is 0 Å². The molecule has 0 bridgehead atoms. The Hall–Kier alpha value is -0.930. The summed E-state index contributed by atoms with van der Waals surface area (Å²) in [5, 5.41) is 3.37. The zero-order chi connectivity index (χ0) is 10.2. The first-order valence-electron chi connectivity index (χ1n) is 5.06. The molecule has 1 N–H and O–H groups in total. The lowest BCUT2D eigenvalue weighted by Crippen LogP contribution is -2.47. The van der Waals surface area contributed by atoms with Gasteiger partial charge in [-0.15, -0.1) is 0 Å². The Balaban J connectivity index is 0.000000146. The Bertz CT molecular complexity index is 191. The van der Waals surface area contributed by atoms with Gasteiger partial charge in [0.15, 0.2) is 0 Å². The number of piperazine rings is 1. The Morgan fingerprint density at radius 1 is 1.29 bits per heavy atom. The highest BCUT2D eigenvalue weighted by atomic mass is 15.2. The van der Waals surface area contributed by atoms with Gasteiger partial charge in [-0.05, 0) is 26.1 Å². The van der Waals surface area contributed by atoms with Crippen LogP contribution < -0.4 is 5.32 Å². The molecule has 2 rings (SSSR count). The highest BCUT2D eigenvalue weighted by molar-refractivity contribution is 4.88. The van der Waals surface area contributed by atoms with Crippen molar-refractivity contribution >= 4 is 0 Å². The topological polar surface area (TPSA) is 28.2 Å². The maximum absolute atomic E-state index is 3.78. The molecule has 78 valence electrons. The van der Waals surface area contributed by atoms with E-state index >= 15 is 0 Å². The lowest BCUT2D eigenvalue weighted by Gasteiger charge is -2.28. The summed E-state index contributed by atoms with van der Waals surface area (Å²) in [7, 11) is 2.16. The summed E-state index contributed by atoms with van der Waals surface area (Å²) in [6.45, 7) is 5.76. The fraction of sp³-hybridized carbons (Fsp3) is 0.545. The molecular formula is C11H19N3. The van der Waals surface area contributed by atoms with Gasteiger partial charge in [-0.25, -0.2) is 0 Å². The van der Waals surface area contributed by atoms with E-state index in [0.717, 1.165) is 6.54 Å². The summed E-state index contributed by atoms with van der Waals surface area (Å²) < 4.78 is 0. The van der Waals surface area contributed by atoms with E-state index in [1.54, 1.807) is 12.4 Å². The second-order valence-corrected chi connectivity index (χ2v) is 3.64. The Labute approximate surface area is 86.2 Å². The summed E-state index contributed by atoms with van der Waals surface area (Å²) in [5.74, 6) is 0. The Kier molecular flexibility index (Phi) is 5.19. The van der Waals surface area contributed by atoms with Crippen LogP contribution in [0.4, 0.5) is 0 Å². The van der Waals surface area contributed by atoms with Crippen molar-refractivity contribution in [3.8, 4) is 0 Å². The van der Waals surface area contributed by atoms with Gasteiger partial charge >= 0.3 is 0 Å². The molecule has 3 heteroatoms. The number of nitrogens with one attached hydrogen (secondary N) is 1. The molecule has 1 fully saturated rings. The van der Waals surface area contributed by atoms with Gasteiger partial charge in [0.25, 0.3) is 0 Å². The summed E-state index contributed by atoms with van der Waals surface area (Å²) in [5.41, 5.74) is 0. The van der Waals surface area contributed by atoms with Crippen molar-refractivity contribution in [1.29, 1.82) is 0 Å². The highest BCUT2D eigenvalue weighted by Gasteiger charge is 2.09. The third kappa shape index (κ3) is 4.94. The molecule has 1 aliphatic heterocycles. The predicted molar refractivity (Wildman–Crippen MR) is 59.2 cm³/mol. The molecule has 1 unspecified atom stereocenters.